The fourth-order valence-corrected chi connectivity index (χ4v) is 1.39. The van der Waals surface area contributed by atoms with E-state index in [1.165, 1.54) is 19.3 Å². The van der Waals surface area contributed by atoms with Crippen LogP contribution in [0.1, 0.15) is 53.9 Å². The maximum atomic E-state index is 3.52. The first-order valence-electron chi connectivity index (χ1n) is 5.58. The van der Waals surface area contributed by atoms with E-state index in [1.807, 2.05) is 0 Å². The molecule has 0 aliphatic heterocycles. The maximum absolute atomic E-state index is 3.52. The minimum atomic E-state index is 0.307. The number of hydrogen-bond donors (Lipinski definition) is 1. The molecule has 2 heteroatoms. The van der Waals surface area contributed by atoms with Crippen LogP contribution >= 0.6 is 0 Å². The molecule has 1 unspecified atom stereocenters. The molecule has 0 amide bonds. The lowest BCUT2D eigenvalue weighted by Gasteiger charge is -2.31. The monoisotopic (exact) mass is 183 g/mol. The summed E-state index contributed by atoms with van der Waals surface area (Å²) in [5, 5.41) is 4.03. The summed E-state index contributed by atoms with van der Waals surface area (Å²) < 4.78 is 0. The molecule has 0 heterocycles. The second-order valence-corrected chi connectivity index (χ2v) is 5.43. The smallest absolute Gasteiger partial charge is 0.109 e. The van der Waals surface area contributed by atoms with Gasteiger partial charge < -0.3 is 5.32 Å². The van der Waals surface area contributed by atoms with E-state index in [0.29, 0.717) is 10.9 Å². The molecule has 0 saturated carbocycles. The number of hydrogen-bond acceptors (Lipinski definition) is 1. The molecule has 1 N–H and O–H groups in total. The molecule has 0 aliphatic carbocycles. The predicted molar refractivity (Wildman–Crippen MR) is 64.2 cm³/mol. The van der Waals surface area contributed by atoms with E-state index in [-0.39, 0.29) is 0 Å². The Hall–Kier alpha value is 0.0249. The van der Waals surface area contributed by atoms with Crippen molar-refractivity contribution in [3.8, 4) is 0 Å². The van der Waals surface area contributed by atoms with Crippen LogP contribution < -0.4 is 5.32 Å². The van der Waals surface area contributed by atoms with E-state index >= 15 is 0 Å². The molecule has 0 aromatic rings. The molecule has 0 aromatic heterocycles. The fourth-order valence-electron chi connectivity index (χ4n) is 1.39. The van der Waals surface area contributed by atoms with Crippen LogP contribution in [0.2, 0.25) is 5.31 Å². The molecule has 1 atom stereocenters. The van der Waals surface area contributed by atoms with Crippen LogP contribution in [0.3, 0.4) is 0 Å². The zero-order valence-electron chi connectivity index (χ0n) is 10.3. The Labute approximate surface area is 85.1 Å². The molecular weight excluding hydrogens is 157 g/mol. The van der Waals surface area contributed by atoms with Crippen LogP contribution in [-0.2, 0) is 0 Å². The predicted octanol–water partition coefficient (Wildman–Crippen LogP) is 2.38. The second kappa shape index (κ2) is 5.04. The van der Waals surface area contributed by atoms with Crippen molar-refractivity contribution in [1.82, 2.24) is 5.32 Å². The van der Waals surface area contributed by atoms with Gasteiger partial charge in [0, 0.05) is 5.54 Å². The Balaban J connectivity index is 3.86. The van der Waals surface area contributed by atoms with E-state index in [9.17, 15) is 0 Å². The molecule has 0 rings (SSSR count). The van der Waals surface area contributed by atoms with Gasteiger partial charge in [-0.3, -0.25) is 0 Å². The third-order valence-corrected chi connectivity index (χ3v) is 3.04. The average molecular weight is 183 g/mol. The van der Waals surface area contributed by atoms with Gasteiger partial charge in [-0.2, -0.15) is 0 Å². The van der Waals surface area contributed by atoms with Crippen molar-refractivity contribution in [3.05, 3.63) is 0 Å². The summed E-state index contributed by atoms with van der Waals surface area (Å²) in [6, 6.07) is 0. The number of nitrogens with one attached hydrogen (secondary N) is 1. The molecule has 0 spiro atoms. The van der Waals surface area contributed by atoms with Gasteiger partial charge in [-0.15, -0.1) is 0 Å². The normalized spacial score (nSPS) is 17.0. The van der Waals surface area contributed by atoms with Gasteiger partial charge in [0.15, 0.2) is 0 Å². The molecule has 0 bridgehead atoms. The van der Waals surface area contributed by atoms with Gasteiger partial charge in [0.1, 0.15) is 7.85 Å². The van der Waals surface area contributed by atoms with E-state index < -0.39 is 0 Å². The SMILES string of the molecule is BC(C)(CC)CCC(C)(C)NCC. The largest absolute Gasteiger partial charge is 0.312 e. The van der Waals surface area contributed by atoms with Gasteiger partial charge >= 0.3 is 0 Å². The molecule has 0 radical (unpaired) electrons. The van der Waals surface area contributed by atoms with Crippen LogP contribution in [0.5, 0.6) is 0 Å². The van der Waals surface area contributed by atoms with Crippen LogP contribution in [0.25, 0.3) is 0 Å². The van der Waals surface area contributed by atoms with Crippen molar-refractivity contribution in [2.24, 2.45) is 0 Å². The maximum Gasteiger partial charge on any atom is 0.109 e. The van der Waals surface area contributed by atoms with E-state index in [4.69, 9.17) is 0 Å². The summed E-state index contributed by atoms with van der Waals surface area (Å²) >= 11 is 0. The van der Waals surface area contributed by atoms with E-state index in [0.717, 1.165) is 6.54 Å². The van der Waals surface area contributed by atoms with E-state index in [2.05, 4.69) is 47.8 Å². The Morgan fingerprint density at radius 3 is 2.00 bits per heavy atom. The highest BCUT2D eigenvalue weighted by Crippen LogP contribution is 2.33. The Morgan fingerprint density at radius 2 is 1.62 bits per heavy atom. The topological polar surface area (TPSA) is 12.0 Å². The Morgan fingerprint density at radius 1 is 1.08 bits per heavy atom. The fraction of sp³-hybridized carbons (Fsp3) is 1.00. The minimum absolute atomic E-state index is 0.307. The molecule has 0 aliphatic rings. The molecule has 13 heavy (non-hydrogen) atoms. The highest BCUT2D eigenvalue weighted by atomic mass is 14.9. The van der Waals surface area contributed by atoms with E-state index in [1.54, 1.807) is 0 Å². The van der Waals surface area contributed by atoms with Crippen molar-refractivity contribution in [2.75, 3.05) is 6.54 Å². The molecule has 0 saturated heterocycles. The van der Waals surface area contributed by atoms with Gasteiger partial charge in [-0.25, -0.2) is 0 Å². The molecule has 0 aromatic carbocycles. The summed E-state index contributed by atoms with van der Waals surface area (Å²) in [6.07, 6.45) is 3.85. The third-order valence-electron chi connectivity index (χ3n) is 3.04. The highest BCUT2D eigenvalue weighted by Gasteiger charge is 2.21. The average Bonchev–Trinajstić information content (AvgIpc) is 2.02. The summed E-state index contributed by atoms with van der Waals surface area (Å²) in [4.78, 5) is 0. The summed E-state index contributed by atoms with van der Waals surface area (Å²) in [5.41, 5.74) is 0.307. The van der Waals surface area contributed by atoms with Crippen LogP contribution in [0.15, 0.2) is 0 Å². The standard InChI is InChI=1S/C11H26BN/c1-6-11(5,12)9-8-10(3,4)13-7-2/h13H,6-9,12H2,1-5H3. The lowest BCUT2D eigenvalue weighted by atomic mass is 9.64. The highest BCUT2D eigenvalue weighted by molar-refractivity contribution is 6.14. The molecular formula is C11H26BN. The van der Waals surface area contributed by atoms with Crippen molar-refractivity contribution < 1.29 is 0 Å². The lowest BCUT2D eigenvalue weighted by Crippen LogP contribution is -2.39. The van der Waals surface area contributed by atoms with Crippen LogP contribution in [-0.4, -0.2) is 19.9 Å². The quantitative estimate of drug-likeness (QED) is 0.623. The first-order chi connectivity index (χ1) is 5.83. The first kappa shape index (κ1) is 13.0. The van der Waals surface area contributed by atoms with Crippen molar-refractivity contribution >= 4 is 7.85 Å². The Kier molecular flexibility index (Phi) is 5.05. The second-order valence-electron chi connectivity index (χ2n) is 5.43. The van der Waals surface area contributed by atoms with Gasteiger partial charge in [-0.1, -0.05) is 38.9 Å². The zero-order chi connectivity index (χ0) is 10.5. The zero-order valence-corrected chi connectivity index (χ0v) is 10.3. The molecule has 1 nitrogen and oxygen atoms in total. The van der Waals surface area contributed by atoms with Crippen molar-refractivity contribution in [3.63, 3.8) is 0 Å². The van der Waals surface area contributed by atoms with Crippen LogP contribution in [0, 0.1) is 0 Å². The van der Waals surface area contributed by atoms with Crippen LogP contribution in [0.4, 0.5) is 0 Å². The first-order valence-corrected chi connectivity index (χ1v) is 5.58. The van der Waals surface area contributed by atoms with Gasteiger partial charge in [0.05, 0.1) is 0 Å². The third kappa shape index (κ3) is 6.14. The molecule has 0 fully saturated rings. The minimum Gasteiger partial charge on any atom is -0.312 e. The van der Waals surface area contributed by atoms with Crippen molar-refractivity contribution in [2.45, 2.75) is 64.7 Å². The summed E-state index contributed by atoms with van der Waals surface area (Å²) in [6.45, 7) is 12.5. The number of rotatable bonds is 6. The van der Waals surface area contributed by atoms with Gasteiger partial charge in [-0.05, 0) is 26.8 Å². The summed E-state index contributed by atoms with van der Waals surface area (Å²) in [7, 11) is 2.36. The summed E-state index contributed by atoms with van der Waals surface area (Å²) in [5.74, 6) is 0. The van der Waals surface area contributed by atoms with Gasteiger partial charge in [0.2, 0.25) is 0 Å². The van der Waals surface area contributed by atoms with Gasteiger partial charge in [0.25, 0.3) is 0 Å². The lowest BCUT2D eigenvalue weighted by molar-refractivity contribution is 0.336. The molecule has 78 valence electrons. The van der Waals surface area contributed by atoms with Crippen molar-refractivity contribution in [1.29, 1.82) is 0 Å². The Bertz CT molecular complexity index is 141.